The SMILES string of the molecule is COc1ccc(OC)c(NC(=O)Cn2c(CN(C)C)nc3sc4c(c3c2=O)CCC(C)C4)c1. The number of fused-ring (bicyclic) bond motifs is 3. The molecule has 2 aromatic heterocycles. The summed E-state index contributed by atoms with van der Waals surface area (Å²) in [6, 6.07) is 5.18. The van der Waals surface area contributed by atoms with Crippen molar-refractivity contribution in [2.75, 3.05) is 33.6 Å². The summed E-state index contributed by atoms with van der Waals surface area (Å²) in [6.07, 6.45) is 2.93. The van der Waals surface area contributed by atoms with Gasteiger partial charge in [0.2, 0.25) is 5.91 Å². The van der Waals surface area contributed by atoms with E-state index in [1.165, 1.54) is 16.6 Å². The number of nitrogens with one attached hydrogen (secondary N) is 1. The predicted octanol–water partition coefficient (Wildman–Crippen LogP) is 3.30. The molecule has 1 aliphatic carbocycles. The maximum absolute atomic E-state index is 13.6. The van der Waals surface area contributed by atoms with Crippen LogP contribution in [0.25, 0.3) is 10.2 Å². The van der Waals surface area contributed by atoms with Crippen LogP contribution in [0.1, 0.15) is 29.6 Å². The van der Waals surface area contributed by atoms with Crippen LogP contribution >= 0.6 is 11.3 Å². The third kappa shape index (κ3) is 4.74. The van der Waals surface area contributed by atoms with E-state index in [1.54, 1.807) is 36.6 Å². The van der Waals surface area contributed by atoms with Gasteiger partial charge < -0.3 is 19.7 Å². The van der Waals surface area contributed by atoms with Crippen molar-refractivity contribution in [3.05, 3.63) is 44.8 Å². The normalized spacial score (nSPS) is 15.5. The second kappa shape index (κ2) is 9.52. The maximum Gasteiger partial charge on any atom is 0.263 e. The standard InChI is InChI=1S/C24H30N4O4S/c1-14-6-8-16-19(10-14)33-23-22(16)24(30)28(20(26-23)12-27(2)3)13-21(29)25-17-11-15(31-4)7-9-18(17)32-5/h7,9,11,14H,6,8,10,12-13H2,1-5H3,(H,25,29). The van der Waals surface area contributed by atoms with E-state index in [4.69, 9.17) is 14.5 Å². The number of thiophene rings is 1. The second-order valence-electron chi connectivity index (χ2n) is 8.80. The van der Waals surface area contributed by atoms with Crippen LogP contribution < -0.4 is 20.3 Å². The molecule has 1 aliphatic rings. The van der Waals surface area contributed by atoms with Crippen molar-refractivity contribution in [3.8, 4) is 11.5 Å². The van der Waals surface area contributed by atoms with Crippen molar-refractivity contribution in [1.82, 2.24) is 14.5 Å². The van der Waals surface area contributed by atoms with Crippen molar-refractivity contribution in [1.29, 1.82) is 0 Å². The van der Waals surface area contributed by atoms with Gasteiger partial charge in [-0.25, -0.2) is 4.98 Å². The van der Waals surface area contributed by atoms with E-state index in [2.05, 4.69) is 12.2 Å². The zero-order chi connectivity index (χ0) is 23.7. The van der Waals surface area contributed by atoms with E-state index in [-0.39, 0.29) is 18.0 Å². The molecule has 1 aromatic carbocycles. The van der Waals surface area contributed by atoms with Gasteiger partial charge in [0.05, 0.1) is 31.8 Å². The molecule has 0 spiro atoms. The van der Waals surface area contributed by atoms with E-state index in [1.807, 2.05) is 19.0 Å². The van der Waals surface area contributed by atoms with Crippen LogP contribution in [0.2, 0.25) is 0 Å². The summed E-state index contributed by atoms with van der Waals surface area (Å²) in [7, 11) is 6.94. The smallest absolute Gasteiger partial charge is 0.263 e. The minimum absolute atomic E-state index is 0.133. The fourth-order valence-electron chi connectivity index (χ4n) is 4.28. The number of ether oxygens (including phenoxy) is 2. The van der Waals surface area contributed by atoms with Crippen molar-refractivity contribution in [2.24, 2.45) is 5.92 Å². The highest BCUT2D eigenvalue weighted by atomic mass is 32.1. The number of carbonyl (C=O) groups excluding carboxylic acids is 1. The van der Waals surface area contributed by atoms with E-state index < -0.39 is 0 Å². The van der Waals surface area contributed by atoms with Gasteiger partial charge in [-0.3, -0.25) is 14.2 Å². The second-order valence-corrected chi connectivity index (χ2v) is 9.89. The number of benzene rings is 1. The highest BCUT2D eigenvalue weighted by Gasteiger charge is 2.25. The Morgan fingerprint density at radius 2 is 2.09 bits per heavy atom. The zero-order valence-electron chi connectivity index (χ0n) is 19.7. The molecule has 3 aromatic rings. The lowest BCUT2D eigenvalue weighted by Gasteiger charge is -2.18. The number of anilines is 1. The highest BCUT2D eigenvalue weighted by molar-refractivity contribution is 7.18. The Labute approximate surface area is 197 Å². The van der Waals surface area contributed by atoms with Gasteiger partial charge in [-0.15, -0.1) is 11.3 Å². The van der Waals surface area contributed by atoms with Crippen LogP contribution in [0.3, 0.4) is 0 Å². The molecule has 1 atom stereocenters. The molecule has 0 fully saturated rings. The summed E-state index contributed by atoms with van der Waals surface area (Å²) in [5.41, 5.74) is 1.46. The van der Waals surface area contributed by atoms with E-state index in [0.717, 1.165) is 29.7 Å². The molecule has 4 rings (SSSR count). The molecule has 0 bridgehead atoms. The number of rotatable bonds is 7. The zero-order valence-corrected chi connectivity index (χ0v) is 20.5. The third-order valence-corrected chi connectivity index (χ3v) is 7.08. The first-order chi connectivity index (χ1) is 15.8. The van der Waals surface area contributed by atoms with Gasteiger partial charge in [0.25, 0.3) is 5.56 Å². The molecule has 33 heavy (non-hydrogen) atoms. The van der Waals surface area contributed by atoms with Crippen molar-refractivity contribution < 1.29 is 14.3 Å². The van der Waals surface area contributed by atoms with Gasteiger partial charge >= 0.3 is 0 Å². The minimum Gasteiger partial charge on any atom is -0.497 e. The van der Waals surface area contributed by atoms with Gasteiger partial charge in [0.1, 0.15) is 28.7 Å². The average molecular weight is 471 g/mol. The Hall–Kier alpha value is -2.91. The Balaban J connectivity index is 1.72. The van der Waals surface area contributed by atoms with Crippen molar-refractivity contribution in [3.63, 3.8) is 0 Å². The topological polar surface area (TPSA) is 85.7 Å². The number of amides is 1. The number of carbonyl (C=O) groups is 1. The van der Waals surface area contributed by atoms with Gasteiger partial charge in [-0.1, -0.05) is 6.92 Å². The highest BCUT2D eigenvalue weighted by Crippen LogP contribution is 2.36. The minimum atomic E-state index is -0.331. The van der Waals surface area contributed by atoms with Crippen LogP contribution in [-0.2, 0) is 30.7 Å². The van der Waals surface area contributed by atoms with Gasteiger partial charge in [-0.05, 0) is 57.0 Å². The molecule has 9 heteroatoms. The first-order valence-electron chi connectivity index (χ1n) is 11.0. The predicted molar refractivity (Wildman–Crippen MR) is 131 cm³/mol. The molecule has 1 amide bonds. The number of hydrogen-bond acceptors (Lipinski definition) is 7. The molecule has 0 saturated heterocycles. The Morgan fingerprint density at radius 1 is 1.30 bits per heavy atom. The first kappa shape index (κ1) is 23.3. The molecule has 8 nitrogen and oxygen atoms in total. The number of methoxy groups -OCH3 is 2. The number of nitrogens with zero attached hydrogens (tertiary/aromatic N) is 3. The van der Waals surface area contributed by atoms with E-state index >= 15 is 0 Å². The van der Waals surface area contributed by atoms with Crippen LogP contribution in [0.5, 0.6) is 11.5 Å². The molecule has 0 aliphatic heterocycles. The lowest BCUT2D eigenvalue weighted by molar-refractivity contribution is -0.116. The summed E-state index contributed by atoms with van der Waals surface area (Å²) in [6.45, 7) is 2.57. The molecule has 0 radical (unpaired) electrons. The summed E-state index contributed by atoms with van der Waals surface area (Å²) in [5.74, 6) is 1.97. The van der Waals surface area contributed by atoms with Crippen molar-refractivity contribution >= 4 is 33.1 Å². The Kier molecular flexibility index (Phi) is 6.71. The van der Waals surface area contributed by atoms with Crippen LogP contribution in [0.4, 0.5) is 5.69 Å². The molecular formula is C24H30N4O4S. The molecule has 176 valence electrons. The molecule has 1 N–H and O–H groups in total. The number of hydrogen-bond donors (Lipinski definition) is 1. The first-order valence-corrected chi connectivity index (χ1v) is 11.8. The molecule has 0 saturated carbocycles. The summed E-state index contributed by atoms with van der Waals surface area (Å²) >= 11 is 1.62. The van der Waals surface area contributed by atoms with Crippen molar-refractivity contribution in [2.45, 2.75) is 39.3 Å². The lowest BCUT2D eigenvalue weighted by Crippen LogP contribution is -2.33. The summed E-state index contributed by atoms with van der Waals surface area (Å²) < 4.78 is 12.1. The summed E-state index contributed by atoms with van der Waals surface area (Å²) in [5, 5.41) is 3.54. The van der Waals surface area contributed by atoms with E-state index in [0.29, 0.717) is 40.9 Å². The van der Waals surface area contributed by atoms with E-state index in [9.17, 15) is 9.59 Å². The Bertz CT molecular complexity index is 1250. The van der Waals surface area contributed by atoms with Gasteiger partial charge in [-0.2, -0.15) is 0 Å². The fourth-order valence-corrected chi connectivity index (χ4v) is 5.67. The quantitative estimate of drug-likeness (QED) is 0.570. The molecular weight excluding hydrogens is 440 g/mol. The number of aromatic nitrogens is 2. The lowest BCUT2D eigenvalue weighted by atomic mass is 9.89. The van der Waals surface area contributed by atoms with Crippen LogP contribution in [0, 0.1) is 5.92 Å². The molecule has 1 unspecified atom stereocenters. The largest absolute Gasteiger partial charge is 0.497 e. The number of aryl methyl sites for hydroxylation is 1. The maximum atomic E-state index is 13.6. The average Bonchev–Trinajstić information content (AvgIpc) is 3.13. The van der Waals surface area contributed by atoms with Gasteiger partial charge in [0, 0.05) is 10.9 Å². The third-order valence-electron chi connectivity index (χ3n) is 5.93. The monoisotopic (exact) mass is 470 g/mol. The van der Waals surface area contributed by atoms with Crippen LogP contribution in [-0.4, -0.2) is 48.7 Å². The fraction of sp³-hybridized carbons (Fsp3) is 0.458. The van der Waals surface area contributed by atoms with Crippen LogP contribution in [0.15, 0.2) is 23.0 Å². The molecule has 2 heterocycles. The Morgan fingerprint density at radius 3 is 2.79 bits per heavy atom. The summed E-state index contributed by atoms with van der Waals surface area (Å²) in [4.78, 5) is 35.5. The van der Waals surface area contributed by atoms with Gasteiger partial charge in [0.15, 0.2) is 0 Å².